The molecule has 1 saturated heterocycles. The van der Waals surface area contributed by atoms with Crippen LogP contribution >= 0.6 is 0 Å². The Morgan fingerprint density at radius 3 is 2.79 bits per heavy atom. The van der Waals surface area contributed by atoms with Crippen LogP contribution in [0.4, 0.5) is 0 Å². The van der Waals surface area contributed by atoms with Crippen LogP contribution < -0.4 is 0 Å². The summed E-state index contributed by atoms with van der Waals surface area (Å²) < 4.78 is 30.8. The lowest BCUT2D eigenvalue weighted by molar-refractivity contribution is -0.150. The summed E-state index contributed by atoms with van der Waals surface area (Å²) in [4.78, 5) is 14.4. The zero-order valence-electron chi connectivity index (χ0n) is 14.6. The van der Waals surface area contributed by atoms with Crippen LogP contribution in [0.25, 0.3) is 0 Å². The molecular weight excluding hydrogens is 328 g/mol. The molecule has 24 heavy (non-hydrogen) atoms. The second-order valence-electron chi connectivity index (χ2n) is 6.26. The molecule has 1 heterocycles. The Bertz CT molecular complexity index is 673. The molecule has 0 spiro atoms. The molecule has 0 radical (unpaired) electrons. The van der Waals surface area contributed by atoms with Crippen molar-refractivity contribution in [1.82, 2.24) is 9.21 Å². The number of sulfonamides is 1. The molecule has 0 N–H and O–H groups in total. The number of likely N-dealkylation sites (tertiary alicyclic amines) is 1. The monoisotopic (exact) mass is 354 g/mol. The maximum Gasteiger partial charge on any atom is 0.310 e. The molecule has 0 aliphatic carbocycles. The van der Waals surface area contributed by atoms with Gasteiger partial charge in [-0.25, -0.2) is 12.7 Å². The summed E-state index contributed by atoms with van der Waals surface area (Å²) in [6.45, 7) is 4.41. The summed E-state index contributed by atoms with van der Waals surface area (Å²) in [6.07, 6.45) is 1.80. The topological polar surface area (TPSA) is 66.9 Å². The lowest BCUT2D eigenvalue weighted by Crippen LogP contribution is -2.38. The van der Waals surface area contributed by atoms with Crippen molar-refractivity contribution in [3.8, 4) is 0 Å². The molecule has 1 fully saturated rings. The number of nitrogens with zero attached hydrogens (tertiary/aromatic N) is 2. The van der Waals surface area contributed by atoms with E-state index in [1.54, 1.807) is 18.2 Å². The van der Waals surface area contributed by atoms with Gasteiger partial charge in [-0.3, -0.25) is 9.69 Å². The van der Waals surface area contributed by atoms with E-state index in [4.69, 9.17) is 4.74 Å². The van der Waals surface area contributed by atoms with Crippen LogP contribution in [0.3, 0.4) is 0 Å². The Labute approximate surface area is 144 Å². The fourth-order valence-corrected chi connectivity index (χ4v) is 3.90. The number of ether oxygens (including phenoxy) is 1. The van der Waals surface area contributed by atoms with Crippen LogP contribution in [-0.2, 0) is 26.1 Å². The van der Waals surface area contributed by atoms with Gasteiger partial charge < -0.3 is 4.74 Å². The van der Waals surface area contributed by atoms with Gasteiger partial charge in [-0.2, -0.15) is 0 Å². The summed E-state index contributed by atoms with van der Waals surface area (Å²) in [5.41, 5.74) is 0.933. The van der Waals surface area contributed by atoms with Crippen molar-refractivity contribution in [2.24, 2.45) is 5.92 Å². The van der Waals surface area contributed by atoms with Crippen LogP contribution in [0.2, 0.25) is 0 Å². The van der Waals surface area contributed by atoms with E-state index in [2.05, 4.69) is 4.90 Å². The average molecular weight is 354 g/mol. The molecule has 0 aromatic heterocycles. The highest BCUT2D eigenvalue weighted by Gasteiger charge is 2.27. The first-order valence-electron chi connectivity index (χ1n) is 8.25. The molecule has 2 rings (SSSR count). The van der Waals surface area contributed by atoms with Crippen LogP contribution in [-0.4, -0.2) is 57.4 Å². The molecule has 1 aliphatic heterocycles. The van der Waals surface area contributed by atoms with Gasteiger partial charge >= 0.3 is 5.97 Å². The van der Waals surface area contributed by atoms with Gasteiger partial charge in [0, 0.05) is 27.2 Å². The smallest absolute Gasteiger partial charge is 0.310 e. The van der Waals surface area contributed by atoms with E-state index in [0.717, 1.165) is 24.9 Å². The summed E-state index contributed by atoms with van der Waals surface area (Å²) in [6, 6.07) is 7.00. The Hall–Kier alpha value is -1.44. The second kappa shape index (κ2) is 8.09. The molecule has 1 aromatic rings. The molecule has 0 amide bonds. The van der Waals surface area contributed by atoms with Gasteiger partial charge in [0.1, 0.15) is 0 Å². The first-order chi connectivity index (χ1) is 11.3. The SMILES string of the molecule is CCOC(=O)C1CCCN(Cc2cccc(S(=O)(=O)N(C)C)c2)C1. The summed E-state index contributed by atoms with van der Waals surface area (Å²) in [7, 11) is -0.382. The minimum absolute atomic E-state index is 0.0904. The summed E-state index contributed by atoms with van der Waals surface area (Å²) in [5, 5.41) is 0. The molecule has 1 unspecified atom stereocenters. The first-order valence-corrected chi connectivity index (χ1v) is 9.69. The van der Waals surface area contributed by atoms with Gasteiger partial charge in [-0.05, 0) is 44.0 Å². The van der Waals surface area contributed by atoms with Gasteiger partial charge in [-0.1, -0.05) is 12.1 Å². The zero-order chi connectivity index (χ0) is 17.7. The second-order valence-corrected chi connectivity index (χ2v) is 8.41. The largest absolute Gasteiger partial charge is 0.466 e. The lowest BCUT2D eigenvalue weighted by Gasteiger charge is -2.31. The van der Waals surface area contributed by atoms with E-state index in [-0.39, 0.29) is 11.9 Å². The molecule has 7 heteroatoms. The van der Waals surface area contributed by atoms with Crippen molar-refractivity contribution >= 4 is 16.0 Å². The number of carbonyl (C=O) groups excluding carboxylic acids is 1. The van der Waals surface area contributed by atoms with Crippen molar-refractivity contribution in [1.29, 1.82) is 0 Å². The van der Waals surface area contributed by atoms with Crippen LogP contribution in [0.1, 0.15) is 25.3 Å². The molecule has 1 aromatic carbocycles. The molecular formula is C17H26N2O4S. The minimum atomic E-state index is -3.43. The Morgan fingerprint density at radius 1 is 1.38 bits per heavy atom. The molecule has 1 atom stereocenters. The molecule has 6 nitrogen and oxygen atoms in total. The quantitative estimate of drug-likeness (QED) is 0.728. The van der Waals surface area contributed by atoms with E-state index in [1.807, 2.05) is 13.0 Å². The molecule has 0 bridgehead atoms. The minimum Gasteiger partial charge on any atom is -0.466 e. The Kier molecular flexibility index (Phi) is 6.37. The highest BCUT2D eigenvalue weighted by molar-refractivity contribution is 7.89. The van der Waals surface area contributed by atoms with Crippen molar-refractivity contribution in [3.05, 3.63) is 29.8 Å². The van der Waals surface area contributed by atoms with E-state index >= 15 is 0 Å². The zero-order valence-corrected chi connectivity index (χ0v) is 15.4. The number of carbonyl (C=O) groups is 1. The predicted molar refractivity (Wildman–Crippen MR) is 91.9 cm³/mol. The normalized spacial score (nSPS) is 19.4. The fraction of sp³-hybridized carbons (Fsp3) is 0.588. The highest BCUT2D eigenvalue weighted by Crippen LogP contribution is 2.21. The van der Waals surface area contributed by atoms with Crippen LogP contribution in [0.5, 0.6) is 0 Å². The fourth-order valence-electron chi connectivity index (χ4n) is 2.92. The van der Waals surface area contributed by atoms with E-state index in [9.17, 15) is 13.2 Å². The number of benzene rings is 1. The summed E-state index contributed by atoms with van der Waals surface area (Å²) in [5.74, 6) is -0.224. The third-order valence-corrected chi connectivity index (χ3v) is 6.02. The van der Waals surface area contributed by atoms with E-state index in [0.29, 0.717) is 24.6 Å². The van der Waals surface area contributed by atoms with Crippen molar-refractivity contribution in [2.45, 2.75) is 31.2 Å². The maximum atomic E-state index is 12.2. The first kappa shape index (κ1) is 18.9. The van der Waals surface area contributed by atoms with Gasteiger partial charge in [0.2, 0.25) is 10.0 Å². The number of hydrogen-bond acceptors (Lipinski definition) is 5. The maximum absolute atomic E-state index is 12.2. The third kappa shape index (κ3) is 4.55. The standard InChI is InChI=1S/C17H26N2O4S/c1-4-23-17(20)15-8-6-10-19(13-15)12-14-7-5-9-16(11-14)24(21,22)18(2)3/h5,7,9,11,15H,4,6,8,10,12-13H2,1-3H3. The van der Waals surface area contributed by atoms with Crippen LogP contribution in [0, 0.1) is 5.92 Å². The number of hydrogen-bond donors (Lipinski definition) is 0. The number of rotatable bonds is 6. The van der Waals surface area contributed by atoms with Gasteiger partial charge in [0.15, 0.2) is 0 Å². The number of esters is 1. The highest BCUT2D eigenvalue weighted by atomic mass is 32.2. The number of piperidine rings is 1. The van der Waals surface area contributed by atoms with Gasteiger partial charge in [0.25, 0.3) is 0 Å². The van der Waals surface area contributed by atoms with Crippen molar-refractivity contribution in [3.63, 3.8) is 0 Å². The van der Waals surface area contributed by atoms with Gasteiger partial charge in [-0.15, -0.1) is 0 Å². The Balaban J connectivity index is 2.07. The van der Waals surface area contributed by atoms with E-state index in [1.165, 1.54) is 18.4 Å². The third-order valence-electron chi connectivity index (χ3n) is 4.21. The Morgan fingerprint density at radius 2 is 2.12 bits per heavy atom. The van der Waals surface area contributed by atoms with Crippen LogP contribution in [0.15, 0.2) is 29.2 Å². The van der Waals surface area contributed by atoms with Gasteiger partial charge in [0.05, 0.1) is 17.4 Å². The predicted octanol–water partition coefficient (Wildman–Crippen LogP) is 1.71. The van der Waals surface area contributed by atoms with Crippen molar-refractivity contribution < 1.29 is 17.9 Å². The lowest BCUT2D eigenvalue weighted by atomic mass is 9.98. The summed E-state index contributed by atoms with van der Waals surface area (Å²) >= 11 is 0. The van der Waals surface area contributed by atoms with E-state index < -0.39 is 10.0 Å². The average Bonchev–Trinajstić information content (AvgIpc) is 2.55. The molecule has 1 aliphatic rings. The molecule has 0 saturated carbocycles. The molecule has 134 valence electrons. The van der Waals surface area contributed by atoms with Crippen molar-refractivity contribution in [2.75, 3.05) is 33.8 Å².